The van der Waals surface area contributed by atoms with Gasteiger partial charge in [-0.2, -0.15) is 5.26 Å². The van der Waals surface area contributed by atoms with E-state index in [9.17, 15) is 5.26 Å². The highest BCUT2D eigenvalue weighted by atomic mass is 32.1. The van der Waals surface area contributed by atoms with E-state index in [-0.39, 0.29) is 0 Å². The highest BCUT2D eigenvalue weighted by molar-refractivity contribution is 7.16. The molecule has 1 aliphatic carbocycles. The highest BCUT2D eigenvalue weighted by Gasteiger charge is 2.21. The van der Waals surface area contributed by atoms with E-state index in [4.69, 9.17) is 0 Å². The topological polar surface area (TPSA) is 48.7 Å². The van der Waals surface area contributed by atoms with E-state index in [1.807, 2.05) is 24.3 Å². The van der Waals surface area contributed by atoms with Crippen LogP contribution in [0.25, 0.3) is 11.3 Å². The number of anilines is 1. The average molecular weight is 269 g/mol. The standard InChI is InChI=1S/C15H15N3S/c1-10-14(13-5-3-2-4-12(13)8-16)18-15(19-10)17-9-11-6-7-11/h2-5,11H,6-7,9H2,1H3,(H,17,18). The second kappa shape index (κ2) is 5.02. The summed E-state index contributed by atoms with van der Waals surface area (Å²) in [7, 11) is 0. The molecule has 3 rings (SSSR count). The maximum absolute atomic E-state index is 9.17. The van der Waals surface area contributed by atoms with Crippen molar-refractivity contribution in [3.63, 3.8) is 0 Å². The molecular formula is C15H15N3S. The number of nitrogens with one attached hydrogen (secondary N) is 1. The Morgan fingerprint density at radius 1 is 1.42 bits per heavy atom. The van der Waals surface area contributed by atoms with E-state index in [0.29, 0.717) is 5.56 Å². The number of thiazole rings is 1. The van der Waals surface area contributed by atoms with Crippen LogP contribution in [0.4, 0.5) is 5.13 Å². The van der Waals surface area contributed by atoms with Gasteiger partial charge in [0.2, 0.25) is 0 Å². The molecule has 0 spiro atoms. The maximum Gasteiger partial charge on any atom is 0.183 e. The first kappa shape index (κ1) is 12.2. The van der Waals surface area contributed by atoms with Gasteiger partial charge in [-0.15, -0.1) is 11.3 Å². The lowest BCUT2D eigenvalue weighted by Crippen LogP contribution is -2.02. The minimum absolute atomic E-state index is 0.685. The van der Waals surface area contributed by atoms with Gasteiger partial charge >= 0.3 is 0 Å². The Morgan fingerprint density at radius 3 is 2.95 bits per heavy atom. The first-order valence-corrected chi connectivity index (χ1v) is 7.30. The van der Waals surface area contributed by atoms with Crippen LogP contribution in [0.3, 0.4) is 0 Å². The molecule has 0 aliphatic heterocycles. The van der Waals surface area contributed by atoms with Gasteiger partial charge in [0, 0.05) is 17.0 Å². The van der Waals surface area contributed by atoms with E-state index in [2.05, 4.69) is 23.3 Å². The second-order valence-corrected chi connectivity index (χ2v) is 6.11. The van der Waals surface area contributed by atoms with Gasteiger partial charge < -0.3 is 5.32 Å². The molecule has 4 heteroatoms. The number of rotatable bonds is 4. The van der Waals surface area contributed by atoms with Crippen molar-refractivity contribution in [1.82, 2.24) is 4.98 Å². The normalized spacial score (nSPS) is 14.1. The Hall–Kier alpha value is -1.86. The predicted molar refractivity (Wildman–Crippen MR) is 78.2 cm³/mol. The highest BCUT2D eigenvalue weighted by Crippen LogP contribution is 2.34. The van der Waals surface area contributed by atoms with Crippen LogP contribution < -0.4 is 5.32 Å². The number of hydrogen-bond acceptors (Lipinski definition) is 4. The number of aryl methyl sites for hydroxylation is 1. The second-order valence-electron chi connectivity index (χ2n) is 4.91. The molecule has 96 valence electrons. The molecule has 3 nitrogen and oxygen atoms in total. The third kappa shape index (κ3) is 2.61. The molecule has 1 aliphatic rings. The maximum atomic E-state index is 9.17. The summed E-state index contributed by atoms with van der Waals surface area (Å²) in [6.07, 6.45) is 2.67. The van der Waals surface area contributed by atoms with Gasteiger partial charge in [0.1, 0.15) is 0 Å². The van der Waals surface area contributed by atoms with Crippen molar-refractivity contribution in [2.45, 2.75) is 19.8 Å². The fourth-order valence-corrected chi connectivity index (χ4v) is 2.90. The van der Waals surface area contributed by atoms with E-state index >= 15 is 0 Å². The first-order valence-electron chi connectivity index (χ1n) is 6.48. The van der Waals surface area contributed by atoms with Crippen molar-refractivity contribution in [2.24, 2.45) is 5.92 Å². The zero-order valence-electron chi connectivity index (χ0n) is 10.8. The van der Waals surface area contributed by atoms with Gasteiger partial charge in [-0.05, 0) is 31.7 Å². The summed E-state index contributed by atoms with van der Waals surface area (Å²) in [5.41, 5.74) is 2.54. The average Bonchev–Trinajstić information content (AvgIpc) is 3.19. The van der Waals surface area contributed by atoms with Crippen molar-refractivity contribution >= 4 is 16.5 Å². The summed E-state index contributed by atoms with van der Waals surface area (Å²) in [5.74, 6) is 0.832. The van der Waals surface area contributed by atoms with E-state index in [0.717, 1.165) is 33.7 Å². The van der Waals surface area contributed by atoms with Crippen LogP contribution in [0.5, 0.6) is 0 Å². The van der Waals surface area contributed by atoms with Crippen molar-refractivity contribution in [1.29, 1.82) is 5.26 Å². The van der Waals surface area contributed by atoms with E-state index < -0.39 is 0 Å². The molecule has 0 atom stereocenters. The molecule has 1 heterocycles. The molecule has 0 saturated heterocycles. The van der Waals surface area contributed by atoms with Crippen LogP contribution in [-0.4, -0.2) is 11.5 Å². The van der Waals surface area contributed by atoms with Gasteiger partial charge in [-0.25, -0.2) is 4.98 Å². The molecule has 1 saturated carbocycles. The molecule has 19 heavy (non-hydrogen) atoms. The minimum Gasteiger partial charge on any atom is -0.361 e. The molecule has 1 fully saturated rings. The fraction of sp³-hybridized carbons (Fsp3) is 0.333. The van der Waals surface area contributed by atoms with Crippen molar-refractivity contribution in [3.05, 3.63) is 34.7 Å². The van der Waals surface area contributed by atoms with Crippen LogP contribution in [0.2, 0.25) is 0 Å². The first-order chi connectivity index (χ1) is 9.28. The van der Waals surface area contributed by atoms with Crippen LogP contribution in [0.15, 0.2) is 24.3 Å². The Kier molecular flexibility index (Phi) is 3.22. The molecule has 0 bridgehead atoms. The molecule has 0 amide bonds. The lowest BCUT2D eigenvalue weighted by molar-refractivity contribution is 0.887. The lowest BCUT2D eigenvalue weighted by atomic mass is 10.1. The summed E-state index contributed by atoms with van der Waals surface area (Å²) in [6, 6.07) is 9.87. The van der Waals surface area contributed by atoms with Crippen molar-refractivity contribution in [3.8, 4) is 17.3 Å². The smallest absolute Gasteiger partial charge is 0.183 e. The summed E-state index contributed by atoms with van der Waals surface area (Å²) in [4.78, 5) is 5.80. The molecular weight excluding hydrogens is 254 g/mol. The summed E-state index contributed by atoms with van der Waals surface area (Å²) < 4.78 is 0. The Bertz CT molecular complexity index is 635. The quantitative estimate of drug-likeness (QED) is 0.918. The molecule has 1 aromatic carbocycles. The van der Waals surface area contributed by atoms with Crippen LogP contribution in [-0.2, 0) is 0 Å². The van der Waals surface area contributed by atoms with E-state index in [1.54, 1.807) is 11.3 Å². The number of aromatic nitrogens is 1. The van der Waals surface area contributed by atoms with Gasteiger partial charge in [0.15, 0.2) is 5.13 Å². The Morgan fingerprint density at radius 2 is 2.21 bits per heavy atom. The summed E-state index contributed by atoms with van der Waals surface area (Å²) in [5, 5.41) is 13.5. The van der Waals surface area contributed by atoms with Crippen molar-refractivity contribution < 1.29 is 0 Å². The van der Waals surface area contributed by atoms with Gasteiger partial charge in [-0.1, -0.05) is 18.2 Å². The Balaban J connectivity index is 1.89. The SMILES string of the molecule is Cc1sc(NCC2CC2)nc1-c1ccccc1C#N. The van der Waals surface area contributed by atoms with Crippen LogP contribution in [0.1, 0.15) is 23.3 Å². The molecule has 1 N–H and O–H groups in total. The van der Waals surface area contributed by atoms with Crippen molar-refractivity contribution in [2.75, 3.05) is 11.9 Å². The van der Waals surface area contributed by atoms with Gasteiger partial charge in [0.25, 0.3) is 0 Å². The number of nitrogens with zero attached hydrogens (tertiary/aromatic N) is 2. The largest absolute Gasteiger partial charge is 0.361 e. The van der Waals surface area contributed by atoms with Gasteiger partial charge in [-0.3, -0.25) is 0 Å². The minimum atomic E-state index is 0.685. The lowest BCUT2D eigenvalue weighted by Gasteiger charge is -2.01. The number of benzene rings is 1. The van der Waals surface area contributed by atoms with Gasteiger partial charge in [0.05, 0.1) is 17.3 Å². The number of hydrogen-bond donors (Lipinski definition) is 1. The summed E-state index contributed by atoms with van der Waals surface area (Å²) in [6.45, 7) is 3.08. The van der Waals surface area contributed by atoms with E-state index in [1.165, 1.54) is 12.8 Å². The Labute approximate surface area is 116 Å². The fourth-order valence-electron chi connectivity index (χ4n) is 2.06. The zero-order chi connectivity index (χ0) is 13.2. The monoisotopic (exact) mass is 269 g/mol. The number of nitriles is 1. The molecule has 0 radical (unpaired) electrons. The third-order valence-corrected chi connectivity index (χ3v) is 4.27. The van der Waals surface area contributed by atoms with Crippen LogP contribution >= 0.6 is 11.3 Å². The van der Waals surface area contributed by atoms with Crippen LogP contribution in [0, 0.1) is 24.2 Å². The predicted octanol–water partition coefficient (Wildman–Crippen LogP) is 3.81. The third-order valence-electron chi connectivity index (χ3n) is 3.34. The molecule has 0 unspecified atom stereocenters. The summed E-state index contributed by atoms with van der Waals surface area (Å²) >= 11 is 1.67. The molecule has 1 aromatic heterocycles. The zero-order valence-corrected chi connectivity index (χ0v) is 11.6. The molecule has 2 aromatic rings.